The Morgan fingerprint density at radius 2 is 2.20 bits per heavy atom. The number of likely N-dealkylation sites (N-methyl/N-ethyl adjacent to an activating group) is 1. The van der Waals surface area contributed by atoms with Gasteiger partial charge < -0.3 is 5.73 Å². The number of hydrogen-bond acceptors (Lipinski definition) is 3. The zero-order chi connectivity index (χ0) is 14.5. The van der Waals surface area contributed by atoms with Crippen LogP contribution in [0, 0.1) is 5.82 Å². The molecule has 0 amide bonds. The molecule has 2 aromatic rings. The molecule has 1 aromatic heterocycles. The van der Waals surface area contributed by atoms with Crippen molar-refractivity contribution < 1.29 is 4.39 Å². The maximum atomic E-state index is 13.4. The van der Waals surface area contributed by atoms with Crippen LogP contribution >= 0.6 is 27.3 Å². The first kappa shape index (κ1) is 15.6. The van der Waals surface area contributed by atoms with E-state index in [1.807, 2.05) is 12.1 Å². The summed E-state index contributed by atoms with van der Waals surface area (Å²) in [5.41, 5.74) is 6.99. The topological polar surface area (TPSA) is 29.3 Å². The van der Waals surface area contributed by atoms with E-state index in [4.69, 9.17) is 5.73 Å². The molecule has 2 nitrogen and oxygen atoms in total. The summed E-state index contributed by atoms with van der Waals surface area (Å²) in [5, 5.41) is 2.08. The van der Waals surface area contributed by atoms with Gasteiger partial charge in [-0.05, 0) is 51.6 Å². The minimum atomic E-state index is -0.245. The number of thiophene rings is 1. The lowest BCUT2D eigenvalue weighted by molar-refractivity contribution is 0.205. The highest BCUT2D eigenvalue weighted by Crippen LogP contribution is 2.26. The van der Waals surface area contributed by atoms with Gasteiger partial charge in [0.25, 0.3) is 0 Å². The van der Waals surface area contributed by atoms with Crippen molar-refractivity contribution in [3.63, 3.8) is 0 Å². The molecule has 0 saturated carbocycles. The Balaban J connectivity index is 2.21. The van der Waals surface area contributed by atoms with Crippen LogP contribution in [0.25, 0.3) is 0 Å². The average Bonchev–Trinajstić information content (AvgIpc) is 2.95. The van der Waals surface area contributed by atoms with Crippen LogP contribution in [0.2, 0.25) is 0 Å². The average molecular weight is 357 g/mol. The second-order valence-corrected chi connectivity index (χ2v) is 6.45. The van der Waals surface area contributed by atoms with Crippen molar-refractivity contribution in [1.29, 1.82) is 0 Å². The van der Waals surface area contributed by atoms with E-state index in [1.165, 1.54) is 10.9 Å². The number of benzene rings is 1. The van der Waals surface area contributed by atoms with Crippen LogP contribution < -0.4 is 5.73 Å². The van der Waals surface area contributed by atoms with Gasteiger partial charge in [-0.1, -0.05) is 19.1 Å². The van der Waals surface area contributed by atoms with Crippen LogP contribution in [-0.4, -0.2) is 18.0 Å². The van der Waals surface area contributed by atoms with Gasteiger partial charge in [0.2, 0.25) is 0 Å². The fraction of sp³-hybridized carbons (Fsp3) is 0.333. The van der Waals surface area contributed by atoms with E-state index < -0.39 is 0 Å². The summed E-state index contributed by atoms with van der Waals surface area (Å²) < 4.78 is 13.9. The monoisotopic (exact) mass is 356 g/mol. The van der Waals surface area contributed by atoms with E-state index in [-0.39, 0.29) is 11.9 Å². The molecule has 0 aliphatic heterocycles. The molecule has 0 bridgehead atoms. The SMILES string of the molecule is CCN(Cc1cccs1)C(CN)c1ccc(F)c(Br)c1. The van der Waals surface area contributed by atoms with Gasteiger partial charge in [0.05, 0.1) is 4.47 Å². The maximum Gasteiger partial charge on any atom is 0.137 e. The van der Waals surface area contributed by atoms with E-state index in [0.717, 1.165) is 18.7 Å². The normalized spacial score (nSPS) is 12.8. The summed E-state index contributed by atoms with van der Waals surface area (Å²) in [7, 11) is 0. The third-order valence-corrected chi connectivity index (χ3v) is 4.81. The molecule has 108 valence electrons. The molecule has 0 saturated heterocycles. The van der Waals surface area contributed by atoms with Crippen molar-refractivity contribution in [2.24, 2.45) is 5.73 Å². The third kappa shape index (κ3) is 3.67. The Hall–Kier alpha value is -0.750. The molecule has 0 aliphatic carbocycles. The molecular formula is C15H18BrFN2S. The van der Waals surface area contributed by atoms with E-state index in [1.54, 1.807) is 11.3 Å². The molecule has 20 heavy (non-hydrogen) atoms. The molecular weight excluding hydrogens is 339 g/mol. The van der Waals surface area contributed by atoms with E-state index >= 15 is 0 Å². The van der Waals surface area contributed by atoms with Crippen LogP contribution in [-0.2, 0) is 6.54 Å². The Morgan fingerprint density at radius 1 is 1.40 bits per heavy atom. The van der Waals surface area contributed by atoms with E-state index in [9.17, 15) is 4.39 Å². The van der Waals surface area contributed by atoms with E-state index in [2.05, 4.69) is 45.3 Å². The molecule has 5 heteroatoms. The molecule has 1 atom stereocenters. The first-order chi connectivity index (χ1) is 9.65. The van der Waals surface area contributed by atoms with Crippen molar-refractivity contribution in [2.45, 2.75) is 19.5 Å². The molecule has 1 unspecified atom stereocenters. The number of hydrogen-bond donors (Lipinski definition) is 1. The summed E-state index contributed by atoms with van der Waals surface area (Å²) in [6.07, 6.45) is 0. The van der Waals surface area contributed by atoms with Gasteiger partial charge in [0.15, 0.2) is 0 Å². The number of nitrogens with zero attached hydrogens (tertiary/aromatic N) is 1. The zero-order valence-corrected chi connectivity index (χ0v) is 13.8. The third-order valence-electron chi connectivity index (χ3n) is 3.34. The second kappa shape index (κ2) is 7.31. The van der Waals surface area contributed by atoms with Crippen molar-refractivity contribution in [1.82, 2.24) is 4.90 Å². The molecule has 2 N–H and O–H groups in total. The number of nitrogens with two attached hydrogens (primary N) is 1. The number of halogens is 2. The van der Waals surface area contributed by atoms with Gasteiger partial charge in [-0.3, -0.25) is 4.90 Å². The van der Waals surface area contributed by atoms with Crippen LogP contribution in [0.15, 0.2) is 40.2 Å². The molecule has 0 spiro atoms. The first-order valence-corrected chi connectivity index (χ1v) is 8.24. The van der Waals surface area contributed by atoms with Crippen LogP contribution in [0.3, 0.4) is 0 Å². The smallest absolute Gasteiger partial charge is 0.137 e. The molecule has 1 heterocycles. The fourth-order valence-corrected chi connectivity index (χ4v) is 3.39. The largest absolute Gasteiger partial charge is 0.329 e. The Kier molecular flexibility index (Phi) is 5.72. The van der Waals surface area contributed by atoms with Crippen molar-refractivity contribution in [3.8, 4) is 0 Å². The van der Waals surface area contributed by atoms with Gasteiger partial charge >= 0.3 is 0 Å². The van der Waals surface area contributed by atoms with Gasteiger partial charge in [0, 0.05) is 24.0 Å². The maximum absolute atomic E-state index is 13.4. The fourth-order valence-electron chi connectivity index (χ4n) is 2.26. The summed E-state index contributed by atoms with van der Waals surface area (Å²) in [4.78, 5) is 3.62. The molecule has 0 aliphatic rings. The highest BCUT2D eigenvalue weighted by atomic mass is 79.9. The zero-order valence-electron chi connectivity index (χ0n) is 11.4. The van der Waals surface area contributed by atoms with Crippen LogP contribution in [0.4, 0.5) is 4.39 Å². The first-order valence-electron chi connectivity index (χ1n) is 6.57. The minimum absolute atomic E-state index is 0.0963. The summed E-state index contributed by atoms with van der Waals surface area (Å²) in [6.45, 7) is 4.39. The number of rotatable bonds is 6. The molecule has 1 aromatic carbocycles. The van der Waals surface area contributed by atoms with Crippen molar-refractivity contribution in [3.05, 3.63) is 56.4 Å². The lowest BCUT2D eigenvalue weighted by Gasteiger charge is -2.30. The lowest BCUT2D eigenvalue weighted by Crippen LogP contribution is -2.33. The highest BCUT2D eigenvalue weighted by Gasteiger charge is 2.19. The quantitative estimate of drug-likeness (QED) is 0.841. The second-order valence-electron chi connectivity index (χ2n) is 4.57. The molecule has 0 radical (unpaired) electrons. The standard InChI is InChI=1S/C15H18BrFN2S/c1-2-19(10-12-4-3-7-20-12)15(9-18)11-5-6-14(17)13(16)8-11/h3-8,15H,2,9-10,18H2,1H3. The highest BCUT2D eigenvalue weighted by molar-refractivity contribution is 9.10. The Labute approximate surface area is 131 Å². The van der Waals surface area contributed by atoms with Crippen molar-refractivity contribution in [2.75, 3.05) is 13.1 Å². The van der Waals surface area contributed by atoms with Crippen LogP contribution in [0.1, 0.15) is 23.4 Å². The van der Waals surface area contributed by atoms with E-state index in [0.29, 0.717) is 11.0 Å². The summed E-state index contributed by atoms with van der Waals surface area (Å²) in [6, 6.07) is 9.40. The Morgan fingerprint density at radius 3 is 2.75 bits per heavy atom. The molecule has 0 fully saturated rings. The van der Waals surface area contributed by atoms with Gasteiger partial charge in [0.1, 0.15) is 5.82 Å². The molecule has 2 rings (SSSR count). The Bertz CT molecular complexity index is 545. The predicted molar refractivity (Wildman–Crippen MR) is 86.3 cm³/mol. The lowest BCUT2D eigenvalue weighted by atomic mass is 10.1. The van der Waals surface area contributed by atoms with Crippen LogP contribution in [0.5, 0.6) is 0 Å². The van der Waals surface area contributed by atoms with Gasteiger partial charge in [-0.15, -0.1) is 11.3 Å². The summed E-state index contributed by atoms with van der Waals surface area (Å²) >= 11 is 4.99. The van der Waals surface area contributed by atoms with Gasteiger partial charge in [-0.25, -0.2) is 4.39 Å². The minimum Gasteiger partial charge on any atom is -0.329 e. The van der Waals surface area contributed by atoms with Crippen molar-refractivity contribution >= 4 is 27.3 Å². The summed E-state index contributed by atoms with van der Waals surface area (Å²) in [5.74, 6) is -0.245. The van der Waals surface area contributed by atoms with Gasteiger partial charge in [-0.2, -0.15) is 0 Å². The predicted octanol–water partition coefficient (Wildman–Crippen LogP) is 4.17.